The van der Waals surface area contributed by atoms with Crippen molar-refractivity contribution in [1.29, 1.82) is 0 Å². The summed E-state index contributed by atoms with van der Waals surface area (Å²) in [5, 5.41) is 3.56. The highest BCUT2D eigenvalue weighted by Crippen LogP contribution is 2.68. The molecule has 0 aromatic heterocycles. The number of hydrogen-bond donors (Lipinski definition) is 1. The van der Waals surface area contributed by atoms with E-state index in [9.17, 15) is 4.79 Å². The van der Waals surface area contributed by atoms with Gasteiger partial charge in [0.05, 0.1) is 12.2 Å². The molecule has 0 spiro atoms. The Kier molecular flexibility index (Phi) is 4.21. The minimum absolute atomic E-state index is 0.0570. The summed E-state index contributed by atoms with van der Waals surface area (Å²) in [6, 6.07) is 0.0570. The third-order valence-electron chi connectivity index (χ3n) is 6.19. The molecule has 1 saturated heterocycles. The van der Waals surface area contributed by atoms with Gasteiger partial charge >= 0.3 is 0 Å². The molecule has 2 aliphatic rings. The maximum Gasteiger partial charge on any atom is 0.241 e. The largest absolute Gasteiger partial charge is 0.325 e. The van der Waals surface area contributed by atoms with Crippen molar-refractivity contribution in [3.05, 3.63) is 0 Å². The standard InChI is InChI=1S/C17H32N2O/c1-7-9-12-15(20)19(14(18-12)10-8-2)11-13-16(3,4)17(13,5)6/h12-14,18H,7-11H2,1-6H3. The number of rotatable bonds is 6. The average Bonchev–Trinajstić information content (AvgIpc) is 2.62. The van der Waals surface area contributed by atoms with Gasteiger partial charge in [0.1, 0.15) is 0 Å². The van der Waals surface area contributed by atoms with E-state index >= 15 is 0 Å². The maximum absolute atomic E-state index is 12.6. The van der Waals surface area contributed by atoms with Crippen LogP contribution in [-0.2, 0) is 4.79 Å². The second kappa shape index (κ2) is 5.32. The molecule has 2 unspecified atom stereocenters. The van der Waals surface area contributed by atoms with Gasteiger partial charge in [0.2, 0.25) is 5.91 Å². The molecular formula is C17H32N2O. The zero-order chi connectivity index (χ0) is 15.1. The second-order valence-electron chi connectivity index (χ2n) is 7.80. The zero-order valence-corrected chi connectivity index (χ0v) is 14.1. The third kappa shape index (κ3) is 2.38. The molecular weight excluding hydrogens is 248 g/mol. The Morgan fingerprint density at radius 1 is 1.05 bits per heavy atom. The van der Waals surface area contributed by atoms with Crippen molar-refractivity contribution in [3.63, 3.8) is 0 Å². The lowest BCUT2D eigenvalue weighted by Crippen LogP contribution is -2.39. The molecule has 20 heavy (non-hydrogen) atoms. The van der Waals surface area contributed by atoms with Gasteiger partial charge < -0.3 is 4.90 Å². The zero-order valence-electron chi connectivity index (χ0n) is 14.1. The van der Waals surface area contributed by atoms with Crippen LogP contribution in [0.25, 0.3) is 0 Å². The lowest BCUT2D eigenvalue weighted by molar-refractivity contribution is -0.130. The third-order valence-corrected chi connectivity index (χ3v) is 6.19. The quantitative estimate of drug-likeness (QED) is 0.809. The van der Waals surface area contributed by atoms with E-state index in [0.717, 1.165) is 32.2 Å². The van der Waals surface area contributed by atoms with Gasteiger partial charge in [0.25, 0.3) is 0 Å². The summed E-state index contributed by atoms with van der Waals surface area (Å²) in [4.78, 5) is 14.8. The Bertz CT molecular complexity index is 361. The van der Waals surface area contributed by atoms with E-state index in [1.165, 1.54) is 0 Å². The van der Waals surface area contributed by atoms with E-state index in [2.05, 4.69) is 51.8 Å². The van der Waals surface area contributed by atoms with Gasteiger partial charge in [0.15, 0.2) is 0 Å². The Morgan fingerprint density at radius 3 is 2.05 bits per heavy atom. The van der Waals surface area contributed by atoms with Crippen molar-refractivity contribution >= 4 is 5.91 Å². The molecule has 116 valence electrons. The molecule has 0 bridgehead atoms. The predicted molar refractivity (Wildman–Crippen MR) is 83.3 cm³/mol. The molecule has 1 N–H and O–H groups in total. The summed E-state index contributed by atoms with van der Waals surface area (Å²) < 4.78 is 0. The minimum atomic E-state index is 0.0570. The van der Waals surface area contributed by atoms with Gasteiger partial charge in [-0.2, -0.15) is 0 Å². The number of nitrogens with zero attached hydrogens (tertiary/aromatic N) is 1. The molecule has 1 aliphatic carbocycles. The van der Waals surface area contributed by atoms with E-state index in [0.29, 0.717) is 22.7 Å². The number of hydrogen-bond acceptors (Lipinski definition) is 2. The molecule has 2 rings (SSSR count). The van der Waals surface area contributed by atoms with Crippen molar-refractivity contribution < 1.29 is 4.79 Å². The van der Waals surface area contributed by atoms with Gasteiger partial charge in [-0.1, -0.05) is 54.4 Å². The van der Waals surface area contributed by atoms with Crippen LogP contribution in [0.15, 0.2) is 0 Å². The number of carbonyl (C=O) groups is 1. The van der Waals surface area contributed by atoms with Crippen LogP contribution in [0.1, 0.15) is 67.2 Å². The van der Waals surface area contributed by atoms with Gasteiger partial charge in [-0.05, 0) is 29.6 Å². The smallest absolute Gasteiger partial charge is 0.241 e. The SMILES string of the molecule is CCCC1NC(CCC)N(CC2C(C)(C)C2(C)C)C1=O. The normalized spacial score (nSPS) is 31.9. The summed E-state index contributed by atoms with van der Waals surface area (Å²) >= 11 is 0. The topological polar surface area (TPSA) is 32.3 Å². The number of amides is 1. The van der Waals surface area contributed by atoms with Crippen LogP contribution < -0.4 is 5.32 Å². The molecule has 0 aromatic rings. The fourth-order valence-corrected chi connectivity index (χ4v) is 3.96. The van der Waals surface area contributed by atoms with E-state index in [-0.39, 0.29) is 12.2 Å². The highest BCUT2D eigenvalue weighted by molar-refractivity contribution is 5.84. The summed E-state index contributed by atoms with van der Waals surface area (Å²) in [7, 11) is 0. The molecule has 1 amide bonds. The van der Waals surface area contributed by atoms with Crippen LogP contribution in [0.3, 0.4) is 0 Å². The van der Waals surface area contributed by atoms with Crippen LogP contribution in [-0.4, -0.2) is 29.6 Å². The Labute approximate surface area is 124 Å². The van der Waals surface area contributed by atoms with Crippen LogP contribution in [0, 0.1) is 16.7 Å². The molecule has 1 heterocycles. The van der Waals surface area contributed by atoms with Gasteiger partial charge in [-0.25, -0.2) is 0 Å². The monoisotopic (exact) mass is 280 g/mol. The Balaban J connectivity index is 2.06. The highest BCUT2D eigenvalue weighted by atomic mass is 16.2. The van der Waals surface area contributed by atoms with Crippen molar-refractivity contribution in [2.75, 3.05) is 6.54 Å². The molecule has 2 atom stereocenters. The van der Waals surface area contributed by atoms with E-state index < -0.39 is 0 Å². The summed E-state index contributed by atoms with van der Waals surface area (Å²) in [5.41, 5.74) is 0.708. The summed E-state index contributed by atoms with van der Waals surface area (Å²) in [6.07, 6.45) is 4.48. The fourth-order valence-electron chi connectivity index (χ4n) is 3.96. The molecule has 0 radical (unpaired) electrons. The van der Waals surface area contributed by atoms with Crippen molar-refractivity contribution in [3.8, 4) is 0 Å². The average molecular weight is 280 g/mol. The van der Waals surface area contributed by atoms with Gasteiger partial charge in [0, 0.05) is 6.54 Å². The fraction of sp³-hybridized carbons (Fsp3) is 0.941. The molecule has 3 heteroatoms. The Morgan fingerprint density at radius 2 is 1.60 bits per heavy atom. The molecule has 1 aliphatic heterocycles. The predicted octanol–water partition coefficient (Wildman–Crippen LogP) is 3.40. The summed E-state index contributed by atoms with van der Waals surface area (Å²) in [6.45, 7) is 14.6. The van der Waals surface area contributed by atoms with E-state index in [1.54, 1.807) is 0 Å². The highest BCUT2D eigenvalue weighted by Gasteiger charge is 2.65. The number of nitrogens with one attached hydrogen (secondary N) is 1. The molecule has 1 saturated carbocycles. The van der Waals surface area contributed by atoms with Crippen molar-refractivity contribution in [2.45, 2.75) is 79.4 Å². The first-order chi connectivity index (χ1) is 9.27. The van der Waals surface area contributed by atoms with Crippen LogP contribution in [0.2, 0.25) is 0 Å². The minimum Gasteiger partial charge on any atom is -0.325 e. The van der Waals surface area contributed by atoms with E-state index in [4.69, 9.17) is 0 Å². The van der Waals surface area contributed by atoms with Crippen molar-refractivity contribution in [2.24, 2.45) is 16.7 Å². The Hall–Kier alpha value is -0.570. The van der Waals surface area contributed by atoms with Gasteiger partial charge in [-0.15, -0.1) is 0 Å². The maximum atomic E-state index is 12.6. The first-order valence-corrected chi connectivity index (χ1v) is 8.33. The second-order valence-corrected chi connectivity index (χ2v) is 7.80. The van der Waals surface area contributed by atoms with Crippen LogP contribution >= 0.6 is 0 Å². The van der Waals surface area contributed by atoms with Crippen LogP contribution in [0.4, 0.5) is 0 Å². The first kappa shape index (κ1) is 15.8. The first-order valence-electron chi connectivity index (χ1n) is 8.33. The van der Waals surface area contributed by atoms with Crippen molar-refractivity contribution in [1.82, 2.24) is 10.2 Å². The van der Waals surface area contributed by atoms with Gasteiger partial charge in [-0.3, -0.25) is 10.1 Å². The lowest BCUT2D eigenvalue weighted by Gasteiger charge is -2.25. The van der Waals surface area contributed by atoms with E-state index in [1.807, 2.05) is 0 Å². The molecule has 2 fully saturated rings. The molecule has 0 aromatic carbocycles. The van der Waals surface area contributed by atoms with Crippen LogP contribution in [0.5, 0.6) is 0 Å². The summed E-state index contributed by atoms with van der Waals surface area (Å²) in [5.74, 6) is 0.962. The lowest BCUT2D eigenvalue weighted by atomic mass is 10.0. The number of carbonyl (C=O) groups excluding carboxylic acids is 1. The molecule has 3 nitrogen and oxygen atoms in total.